The molecule has 1 atom stereocenters. The average molecular weight is 339 g/mol. The van der Waals surface area contributed by atoms with Crippen molar-refractivity contribution in [1.29, 1.82) is 0 Å². The summed E-state index contributed by atoms with van der Waals surface area (Å²) in [6, 6.07) is 0. The van der Waals surface area contributed by atoms with Crippen molar-refractivity contribution in [2.75, 3.05) is 64.9 Å². The van der Waals surface area contributed by atoms with Gasteiger partial charge in [-0.05, 0) is 26.9 Å². The van der Waals surface area contributed by atoms with E-state index in [9.17, 15) is 4.79 Å². The van der Waals surface area contributed by atoms with Crippen LogP contribution in [0.15, 0.2) is 5.51 Å². The van der Waals surface area contributed by atoms with Crippen molar-refractivity contribution in [3.63, 3.8) is 0 Å². The molecule has 2 aliphatic heterocycles. The molecule has 2 aliphatic rings. The Balaban J connectivity index is 1.72. The van der Waals surface area contributed by atoms with Gasteiger partial charge >= 0.3 is 0 Å². The lowest BCUT2D eigenvalue weighted by atomic mass is 9.80. The lowest BCUT2D eigenvalue weighted by Crippen LogP contribution is -2.53. The Morgan fingerprint density at radius 3 is 3.04 bits per heavy atom. The average Bonchev–Trinajstić information content (AvgIpc) is 2.97. The zero-order valence-electron chi connectivity index (χ0n) is 13.9. The van der Waals surface area contributed by atoms with E-state index in [0.717, 1.165) is 44.2 Å². The Morgan fingerprint density at radius 2 is 2.30 bits per heavy atom. The van der Waals surface area contributed by atoms with Crippen LogP contribution in [-0.4, -0.2) is 85.9 Å². The number of ether oxygens (including phenoxy) is 1. The van der Waals surface area contributed by atoms with Crippen LogP contribution in [0.4, 0.5) is 5.13 Å². The highest BCUT2D eigenvalue weighted by atomic mass is 32.1. The second-order valence-electron chi connectivity index (χ2n) is 6.85. The highest BCUT2D eigenvalue weighted by Crippen LogP contribution is 2.34. The number of likely N-dealkylation sites (N-methyl/N-ethyl adjacent to an activating group) is 1. The topological polar surface area (TPSA) is 61.8 Å². The first-order valence-electron chi connectivity index (χ1n) is 8.09. The van der Waals surface area contributed by atoms with Crippen LogP contribution in [0, 0.1) is 5.41 Å². The third kappa shape index (κ3) is 3.99. The summed E-state index contributed by atoms with van der Waals surface area (Å²) >= 11 is 1.56. The Morgan fingerprint density at radius 1 is 1.43 bits per heavy atom. The third-order valence-electron chi connectivity index (χ3n) is 4.52. The van der Waals surface area contributed by atoms with E-state index in [2.05, 4.69) is 15.1 Å². The standard InChI is InChI=1S/C15H25N5O2S/c1-18(2)8-13(21)19-5-3-4-15(9-19)10-20(6-7-22-11-15)14-17-16-12-23-14/h12H,3-11H2,1-2H3. The number of rotatable bonds is 3. The maximum Gasteiger partial charge on any atom is 0.236 e. The van der Waals surface area contributed by atoms with E-state index in [1.54, 1.807) is 16.8 Å². The fraction of sp³-hybridized carbons (Fsp3) is 0.800. The van der Waals surface area contributed by atoms with Gasteiger partial charge in [-0.25, -0.2) is 0 Å². The highest BCUT2D eigenvalue weighted by molar-refractivity contribution is 7.13. The number of anilines is 1. The Kier molecular flexibility index (Phi) is 5.13. The van der Waals surface area contributed by atoms with Gasteiger partial charge in [0, 0.05) is 31.6 Å². The van der Waals surface area contributed by atoms with Gasteiger partial charge in [0.05, 0.1) is 19.8 Å². The molecule has 7 nitrogen and oxygen atoms in total. The van der Waals surface area contributed by atoms with Crippen molar-refractivity contribution >= 4 is 22.4 Å². The fourth-order valence-corrected chi connectivity index (χ4v) is 4.09. The lowest BCUT2D eigenvalue weighted by molar-refractivity contribution is -0.136. The predicted molar refractivity (Wildman–Crippen MR) is 89.7 cm³/mol. The van der Waals surface area contributed by atoms with Crippen molar-refractivity contribution < 1.29 is 9.53 Å². The first-order valence-corrected chi connectivity index (χ1v) is 8.97. The van der Waals surface area contributed by atoms with Crippen LogP contribution in [0.2, 0.25) is 0 Å². The summed E-state index contributed by atoms with van der Waals surface area (Å²) in [5, 5.41) is 9.11. The van der Waals surface area contributed by atoms with Crippen LogP contribution in [-0.2, 0) is 9.53 Å². The number of piperidine rings is 1. The molecule has 2 saturated heterocycles. The van der Waals surface area contributed by atoms with Crippen LogP contribution in [0.3, 0.4) is 0 Å². The van der Waals surface area contributed by atoms with Gasteiger partial charge in [0.15, 0.2) is 0 Å². The molecule has 0 aromatic carbocycles. The molecule has 1 unspecified atom stereocenters. The molecule has 0 N–H and O–H groups in total. The van der Waals surface area contributed by atoms with Crippen LogP contribution in [0.5, 0.6) is 0 Å². The number of carbonyl (C=O) groups excluding carboxylic acids is 1. The van der Waals surface area contributed by atoms with E-state index in [0.29, 0.717) is 19.8 Å². The van der Waals surface area contributed by atoms with Crippen LogP contribution in [0.1, 0.15) is 12.8 Å². The van der Waals surface area contributed by atoms with E-state index >= 15 is 0 Å². The summed E-state index contributed by atoms with van der Waals surface area (Å²) in [5.74, 6) is 0.209. The molecule has 128 valence electrons. The summed E-state index contributed by atoms with van der Waals surface area (Å²) in [4.78, 5) is 18.7. The number of carbonyl (C=O) groups is 1. The minimum atomic E-state index is 0.00237. The van der Waals surface area contributed by atoms with Gasteiger partial charge in [0.2, 0.25) is 11.0 Å². The van der Waals surface area contributed by atoms with Crippen molar-refractivity contribution in [1.82, 2.24) is 20.0 Å². The van der Waals surface area contributed by atoms with Gasteiger partial charge in [-0.3, -0.25) is 4.79 Å². The van der Waals surface area contributed by atoms with E-state index in [4.69, 9.17) is 4.74 Å². The zero-order chi connectivity index (χ0) is 16.3. The molecular formula is C15H25N5O2S. The second-order valence-corrected chi connectivity index (χ2v) is 7.66. The minimum absolute atomic E-state index is 0.00237. The normalized spacial score (nSPS) is 25.9. The molecule has 0 aliphatic carbocycles. The molecule has 0 radical (unpaired) electrons. The monoisotopic (exact) mass is 339 g/mol. The van der Waals surface area contributed by atoms with Gasteiger partial charge in [0.1, 0.15) is 5.51 Å². The van der Waals surface area contributed by atoms with Crippen LogP contribution in [0.25, 0.3) is 0 Å². The zero-order valence-corrected chi connectivity index (χ0v) is 14.7. The molecule has 3 rings (SSSR count). The molecule has 0 saturated carbocycles. The molecule has 1 amide bonds. The maximum atomic E-state index is 12.4. The van der Waals surface area contributed by atoms with E-state index < -0.39 is 0 Å². The number of amides is 1. The molecule has 1 aromatic rings. The predicted octanol–water partition coefficient (Wildman–Crippen LogP) is 0.545. The van der Waals surface area contributed by atoms with Crippen molar-refractivity contribution in [2.45, 2.75) is 12.8 Å². The van der Waals surface area contributed by atoms with Crippen molar-refractivity contribution in [2.24, 2.45) is 5.41 Å². The quantitative estimate of drug-likeness (QED) is 0.801. The molecular weight excluding hydrogens is 314 g/mol. The first-order chi connectivity index (χ1) is 11.1. The van der Waals surface area contributed by atoms with Gasteiger partial charge in [-0.15, -0.1) is 10.2 Å². The summed E-state index contributed by atoms with van der Waals surface area (Å²) in [6.45, 7) is 5.23. The smallest absolute Gasteiger partial charge is 0.236 e. The SMILES string of the molecule is CN(C)CC(=O)N1CCCC2(COCCN(c3nncs3)C2)C1. The molecule has 2 fully saturated rings. The van der Waals surface area contributed by atoms with Gasteiger partial charge in [0.25, 0.3) is 0 Å². The Bertz CT molecular complexity index is 524. The summed E-state index contributed by atoms with van der Waals surface area (Å²) in [6.07, 6.45) is 2.13. The van der Waals surface area contributed by atoms with Gasteiger partial charge < -0.3 is 19.4 Å². The molecule has 1 spiro atoms. The van der Waals surface area contributed by atoms with Crippen LogP contribution >= 0.6 is 11.3 Å². The minimum Gasteiger partial charge on any atom is -0.379 e. The number of likely N-dealkylation sites (tertiary alicyclic amines) is 1. The molecule has 1 aromatic heterocycles. The van der Waals surface area contributed by atoms with Gasteiger partial charge in [-0.2, -0.15) is 0 Å². The Labute approximate surface area is 141 Å². The third-order valence-corrected chi connectivity index (χ3v) is 5.28. The summed E-state index contributed by atoms with van der Waals surface area (Å²) in [5.41, 5.74) is 1.77. The Hall–Kier alpha value is -1.25. The summed E-state index contributed by atoms with van der Waals surface area (Å²) < 4.78 is 5.89. The first kappa shape index (κ1) is 16.6. The largest absolute Gasteiger partial charge is 0.379 e. The molecule has 3 heterocycles. The lowest BCUT2D eigenvalue weighted by Gasteiger charge is -2.43. The van der Waals surface area contributed by atoms with Crippen LogP contribution < -0.4 is 4.90 Å². The number of aromatic nitrogens is 2. The molecule has 23 heavy (non-hydrogen) atoms. The number of hydrogen-bond donors (Lipinski definition) is 0. The molecule has 0 bridgehead atoms. The van der Waals surface area contributed by atoms with Gasteiger partial charge in [-0.1, -0.05) is 11.3 Å². The van der Waals surface area contributed by atoms with Crippen molar-refractivity contribution in [3.8, 4) is 0 Å². The van der Waals surface area contributed by atoms with E-state index in [1.165, 1.54) is 0 Å². The second kappa shape index (κ2) is 7.11. The maximum absolute atomic E-state index is 12.4. The number of nitrogens with zero attached hydrogens (tertiary/aromatic N) is 5. The summed E-state index contributed by atoms with van der Waals surface area (Å²) in [7, 11) is 3.87. The van der Waals surface area contributed by atoms with E-state index in [-0.39, 0.29) is 11.3 Å². The number of hydrogen-bond acceptors (Lipinski definition) is 7. The fourth-order valence-electron chi connectivity index (χ4n) is 3.50. The highest BCUT2D eigenvalue weighted by Gasteiger charge is 2.40. The molecule has 8 heteroatoms. The van der Waals surface area contributed by atoms with Crippen molar-refractivity contribution in [3.05, 3.63) is 5.51 Å². The van der Waals surface area contributed by atoms with E-state index in [1.807, 2.05) is 23.9 Å².